The van der Waals surface area contributed by atoms with Crippen LogP contribution in [0.5, 0.6) is 0 Å². The number of aliphatic hydroxyl groups excluding tert-OH is 1. The molecule has 1 saturated heterocycles. The van der Waals surface area contributed by atoms with Crippen molar-refractivity contribution in [3.05, 3.63) is 0 Å². The lowest BCUT2D eigenvalue weighted by Crippen LogP contribution is -2.46. The Balaban J connectivity index is 2.29. The molecule has 0 amide bonds. The first-order valence-corrected chi connectivity index (χ1v) is 5.55. The molecule has 0 saturated carbocycles. The van der Waals surface area contributed by atoms with Gasteiger partial charge in [0.15, 0.2) is 0 Å². The summed E-state index contributed by atoms with van der Waals surface area (Å²) in [7, 11) is 0. The highest BCUT2D eigenvalue weighted by Crippen LogP contribution is 2.25. The van der Waals surface area contributed by atoms with Gasteiger partial charge in [-0.3, -0.25) is 4.90 Å². The zero-order valence-corrected chi connectivity index (χ0v) is 9.62. The molecule has 1 aliphatic rings. The van der Waals surface area contributed by atoms with Gasteiger partial charge in [0.2, 0.25) is 0 Å². The first-order valence-electron chi connectivity index (χ1n) is 5.55. The van der Waals surface area contributed by atoms with Crippen molar-refractivity contribution in [2.24, 2.45) is 5.41 Å². The molecule has 0 aromatic heterocycles. The van der Waals surface area contributed by atoms with E-state index < -0.39 is 6.23 Å². The number of hydrogen-bond donors (Lipinski definition) is 1. The molecule has 1 rings (SSSR count). The zero-order chi connectivity index (χ0) is 10.6. The van der Waals surface area contributed by atoms with Crippen LogP contribution in [0.4, 0.5) is 0 Å². The molecular weight excluding hydrogens is 178 g/mol. The van der Waals surface area contributed by atoms with Gasteiger partial charge in [0.1, 0.15) is 6.23 Å². The third kappa shape index (κ3) is 3.56. The van der Waals surface area contributed by atoms with Crippen LogP contribution in [-0.2, 0) is 4.74 Å². The molecular formula is C11H23NO2. The summed E-state index contributed by atoms with van der Waals surface area (Å²) in [5, 5.41) is 9.64. The van der Waals surface area contributed by atoms with Gasteiger partial charge in [0.25, 0.3) is 0 Å². The molecule has 1 heterocycles. The molecule has 1 N–H and O–H groups in total. The van der Waals surface area contributed by atoms with Gasteiger partial charge in [-0.15, -0.1) is 0 Å². The Labute approximate surface area is 87.1 Å². The Hall–Kier alpha value is -0.120. The van der Waals surface area contributed by atoms with Crippen LogP contribution in [0, 0.1) is 5.41 Å². The van der Waals surface area contributed by atoms with Crippen molar-refractivity contribution in [2.75, 3.05) is 26.3 Å². The summed E-state index contributed by atoms with van der Waals surface area (Å²) in [4.78, 5) is 2.11. The van der Waals surface area contributed by atoms with Crippen LogP contribution in [0.25, 0.3) is 0 Å². The van der Waals surface area contributed by atoms with E-state index in [9.17, 15) is 5.11 Å². The molecule has 1 fully saturated rings. The standard InChI is InChI=1S/C11H23NO2/c1-4-11(2,3)5-6-12-7-8-14-9-10(12)13/h10,13H,4-9H2,1-3H3. The predicted octanol–water partition coefficient (Wildman–Crippen LogP) is 1.46. The van der Waals surface area contributed by atoms with Gasteiger partial charge in [-0.1, -0.05) is 27.2 Å². The van der Waals surface area contributed by atoms with Gasteiger partial charge in [0.05, 0.1) is 13.2 Å². The summed E-state index contributed by atoms with van der Waals surface area (Å²) in [6.45, 7) is 9.83. The Morgan fingerprint density at radius 1 is 1.50 bits per heavy atom. The smallest absolute Gasteiger partial charge is 0.131 e. The van der Waals surface area contributed by atoms with Crippen LogP contribution in [0.1, 0.15) is 33.6 Å². The minimum Gasteiger partial charge on any atom is -0.376 e. The van der Waals surface area contributed by atoms with Crippen molar-refractivity contribution in [3.63, 3.8) is 0 Å². The maximum atomic E-state index is 9.64. The van der Waals surface area contributed by atoms with Crippen LogP contribution in [-0.4, -0.2) is 42.5 Å². The van der Waals surface area contributed by atoms with Crippen LogP contribution < -0.4 is 0 Å². The molecule has 0 radical (unpaired) electrons. The van der Waals surface area contributed by atoms with Gasteiger partial charge in [0, 0.05) is 13.1 Å². The summed E-state index contributed by atoms with van der Waals surface area (Å²) >= 11 is 0. The maximum Gasteiger partial charge on any atom is 0.131 e. The normalized spacial score (nSPS) is 25.3. The molecule has 84 valence electrons. The number of aliphatic hydroxyl groups is 1. The summed E-state index contributed by atoms with van der Waals surface area (Å²) in [6, 6.07) is 0. The Bertz CT molecular complexity index is 171. The largest absolute Gasteiger partial charge is 0.376 e. The monoisotopic (exact) mass is 201 g/mol. The number of nitrogens with zero attached hydrogens (tertiary/aromatic N) is 1. The van der Waals surface area contributed by atoms with E-state index in [0.29, 0.717) is 12.0 Å². The van der Waals surface area contributed by atoms with E-state index in [1.165, 1.54) is 6.42 Å². The van der Waals surface area contributed by atoms with E-state index in [2.05, 4.69) is 25.7 Å². The lowest BCUT2D eigenvalue weighted by molar-refractivity contribution is -0.107. The highest BCUT2D eigenvalue weighted by Gasteiger charge is 2.23. The number of hydrogen-bond acceptors (Lipinski definition) is 3. The van der Waals surface area contributed by atoms with Gasteiger partial charge in [-0.2, -0.15) is 0 Å². The zero-order valence-electron chi connectivity index (χ0n) is 9.62. The summed E-state index contributed by atoms with van der Waals surface area (Å²) < 4.78 is 5.18. The van der Waals surface area contributed by atoms with Gasteiger partial charge in [-0.25, -0.2) is 0 Å². The van der Waals surface area contributed by atoms with Gasteiger partial charge < -0.3 is 9.84 Å². The number of rotatable bonds is 4. The minimum atomic E-state index is -0.392. The molecule has 3 heteroatoms. The van der Waals surface area contributed by atoms with E-state index >= 15 is 0 Å². The molecule has 1 aliphatic heterocycles. The lowest BCUT2D eigenvalue weighted by Gasteiger charge is -2.34. The van der Waals surface area contributed by atoms with E-state index in [0.717, 1.165) is 26.1 Å². The second-order valence-corrected chi connectivity index (χ2v) is 4.86. The van der Waals surface area contributed by atoms with E-state index in [1.807, 2.05) is 0 Å². The molecule has 14 heavy (non-hydrogen) atoms. The first kappa shape index (κ1) is 12.0. The predicted molar refractivity (Wildman–Crippen MR) is 57.1 cm³/mol. The molecule has 0 aliphatic carbocycles. The fourth-order valence-electron chi connectivity index (χ4n) is 1.51. The average molecular weight is 201 g/mol. The molecule has 0 aromatic rings. The molecule has 3 nitrogen and oxygen atoms in total. The van der Waals surface area contributed by atoms with Crippen molar-refractivity contribution in [3.8, 4) is 0 Å². The fourth-order valence-corrected chi connectivity index (χ4v) is 1.51. The topological polar surface area (TPSA) is 32.7 Å². The van der Waals surface area contributed by atoms with Crippen molar-refractivity contribution in [2.45, 2.75) is 39.8 Å². The van der Waals surface area contributed by atoms with Gasteiger partial charge >= 0.3 is 0 Å². The van der Waals surface area contributed by atoms with E-state index in [1.54, 1.807) is 0 Å². The Morgan fingerprint density at radius 2 is 2.21 bits per heavy atom. The lowest BCUT2D eigenvalue weighted by atomic mass is 9.86. The number of ether oxygens (including phenoxy) is 1. The van der Waals surface area contributed by atoms with Crippen LogP contribution in [0.15, 0.2) is 0 Å². The van der Waals surface area contributed by atoms with Crippen molar-refractivity contribution < 1.29 is 9.84 Å². The first-order chi connectivity index (χ1) is 6.55. The highest BCUT2D eigenvalue weighted by atomic mass is 16.5. The third-order valence-corrected chi connectivity index (χ3v) is 3.24. The summed E-state index contributed by atoms with van der Waals surface area (Å²) in [5.74, 6) is 0. The van der Waals surface area contributed by atoms with Crippen LogP contribution in [0.2, 0.25) is 0 Å². The molecule has 1 unspecified atom stereocenters. The minimum absolute atomic E-state index is 0.387. The number of morpholine rings is 1. The average Bonchev–Trinajstić information content (AvgIpc) is 2.17. The van der Waals surface area contributed by atoms with Gasteiger partial charge in [-0.05, 0) is 11.8 Å². The van der Waals surface area contributed by atoms with Crippen LogP contribution in [0.3, 0.4) is 0 Å². The SMILES string of the molecule is CCC(C)(C)CCN1CCOCC1O. The highest BCUT2D eigenvalue weighted by molar-refractivity contribution is 4.72. The molecule has 1 atom stereocenters. The maximum absolute atomic E-state index is 9.64. The van der Waals surface area contributed by atoms with Crippen LogP contribution >= 0.6 is 0 Å². The Kier molecular flexibility index (Phi) is 4.35. The third-order valence-electron chi connectivity index (χ3n) is 3.24. The van der Waals surface area contributed by atoms with E-state index in [-0.39, 0.29) is 0 Å². The molecule has 0 aromatic carbocycles. The summed E-state index contributed by atoms with van der Waals surface area (Å²) in [5.41, 5.74) is 0.387. The fraction of sp³-hybridized carbons (Fsp3) is 1.00. The molecule has 0 bridgehead atoms. The second kappa shape index (κ2) is 5.10. The van der Waals surface area contributed by atoms with Crippen molar-refractivity contribution in [1.29, 1.82) is 0 Å². The van der Waals surface area contributed by atoms with E-state index in [4.69, 9.17) is 4.74 Å². The Morgan fingerprint density at radius 3 is 2.79 bits per heavy atom. The molecule has 0 spiro atoms. The quantitative estimate of drug-likeness (QED) is 0.747. The summed E-state index contributed by atoms with van der Waals surface area (Å²) in [6.07, 6.45) is 1.94. The van der Waals surface area contributed by atoms with Crippen molar-refractivity contribution >= 4 is 0 Å². The van der Waals surface area contributed by atoms with Crippen molar-refractivity contribution in [1.82, 2.24) is 4.90 Å². The second-order valence-electron chi connectivity index (χ2n) is 4.86.